The van der Waals surface area contributed by atoms with E-state index in [-0.39, 0.29) is 11.3 Å². The van der Waals surface area contributed by atoms with E-state index in [1.165, 1.54) is 0 Å². The molecule has 3 heteroatoms. The maximum absolute atomic E-state index is 11.3. The van der Waals surface area contributed by atoms with Crippen LogP contribution in [0.1, 0.15) is 13.8 Å². The van der Waals surface area contributed by atoms with Crippen LogP contribution in [0.3, 0.4) is 0 Å². The molecule has 0 aromatic rings. The maximum atomic E-state index is 11.3. The molecule has 1 saturated heterocycles. The normalized spacial score (nSPS) is 26.0. The summed E-state index contributed by atoms with van der Waals surface area (Å²) in [6.07, 6.45) is 0. The van der Waals surface area contributed by atoms with E-state index in [1.54, 1.807) is 12.1 Å². The molecule has 0 aliphatic carbocycles. The molecule has 0 bridgehead atoms. The van der Waals surface area contributed by atoms with Gasteiger partial charge in [0.05, 0.1) is 5.41 Å². The van der Waals surface area contributed by atoms with Gasteiger partial charge in [0.1, 0.15) is 0 Å². The average molecular weight is 142 g/mol. The Morgan fingerprint density at radius 3 is 2.00 bits per heavy atom. The van der Waals surface area contributed by atoms with Crippen molar-refractivity contribution in [2.75, 3.05) is 20.6 Å². The molecule has 0 aromatic heterocycles. The summed E-state index contributed by atoms with van der Waals surface area (Å²) in [6, 6.07) is 0. The summed E-state index contributed by atoms with van der Waals surface area (Å²) >= 11 is 0. The van der Waals surface area contributed by atoms with E-state index in [4.69, 9.17) is 0 Å². The van der Waals surface area contributed by atoms with Crippen molar-refractivity contribution in [1.29, 1.82) is 0 Å². The quantitative estimate of drug-likeness (QED) is 0.486. The van der Waals surface area contributed by atoms with Crippen LogP contribution in [0.5, 0.6) is 0 Å². The highest BCUT2D eigenvalue weighted by Gasteiger charge is 2.40. The fraction of sp³-hybridized carbons (Fsp3) is 0.857. The Labute approximate surface area is 61.6 Å². The van der Waals surface area contributed by atoms with E-state index in [1.807, 2.05) is 25.9 Å². The Morgan fingerprint density at radius 1 is 1.40 bits per heavy atom. The van der Waals surface area contributed by atoms with Crippen LogP contribution < -0.4 is 0 Å². The maximum Gasteiger partial charge on any atom is 0.243 e. The van der Waals surface area contributed by atoms with Gasteiger partial charge in [-0.3, -0.25) is 9.80 Å². The zero-order valence-electron chi connectivity index (χ0n) is 7.01. The van der Waals surface area contributed by atoms with Crippen molar-refractivity contribution in [2.24, 2.45) is 5.41 Å². The number of hydrazine groups is 1. The van der Waals surface area contributed by atoms with Crippen molar-refractivity contribution in [1.82, 2.24) is 10.0 Å². The van der Waals surface area contributed by atoms with Crippen LogP contribution in [0.25, 0.3) is 0 Å². The van der Waals surface area contributed by atoms with Crippen LogP contribution >= 0.6 is 0 Å². The number of carbonyl (C=O) groups excluding carboxylic acids is 1. The smallest absolute Gasteiger partial charge is 0.243 e. The lowest BCUT2D eigenvalue weighted by molar-refractivity contribution is -0.138. The van der Waals surface area contributed by atoms with E-state index in [0.717, 1.165) is 6.54 Å². The monoisotopic (exact) mass is 142 g/mol. The SMILES string of the molecule is CN1CC(C)(C)C(=O)N1C. The first kappa shape index (κ1) is 7.54. The lowest BCUT2D eigenvalue weighted by atomic mass is 9.94. The first-order chi connectivity index (χ1) is 4.45. The van der Waals surface area contributed by atoms with E-state index in [2.05, 4.69) is 0 Å². The molecule has 0 atom stereocenters. The number of carbonyl (C=O) groups is 1. The molecule has 10 heavy (non-hydrogen) atoms. The van der Waals surface area contributed by atoms with Gasteiger partial charge in [-0.2, -0.15) is 0 Å². The van der Waals surface area contributed by atoms with Crippen LogP contribution in [-0.2, 0) is 4.79 Å². The van der Waals surface area contributed by atoms with Gasteiger partial charge >= 0.3 is 0 Å². The predicted molar refractivity (Wildman–Crippen MR) is 39.2 cm³/mol. The molecular formula is C7H14N2O. The molecule has 1 aliphatic heterocycles. The van der Waals surface area contributed by atoms with Crippen LogP contribution in [0, 0.1) is 5.41 Å². The van der Waals surface area contributed by atoms with Crippen LogP contribution in [0.2, 0.25) is 0 Å². The second-order valence-electron chi connectivity index (χ2n) is 3.53. The standard InChI is InChI=1S/C7H14N2O/c1-7(2)5-8(3)9(4)6(7)10/h5H2,1-4H3. The van der Waals surface area contributed by atoms with Crippen molar-refractivity contribution in [3.05, 3.63) is 0 Å². The van der Waals surface area contributed by atoms with Gasteiger partial charge in [-0.1, -0.05) is 0 Å². The Kier molecular flexibility index (Phi) is 1.47. The summed E-state index contributed by atoms with van der Waals surface area (Å²) in [5, 5.41) is 3.60. The first-order valence-electron chi connectivity index (χ1n) is 3.44. The second-order valence-corrected chi connectivity index (χ2v) is 3.53. The van der Waals surface area contributed by atoms with Crippen molar-refractivity contribution in [2.45, 2.75) is 13.8 Å². The molecule has 3 nitrogen and oxygen atoms in total. The highest BCUT2D eigenvalue weighted by atomic mass is 16.2. The molecule has 1 rings (SSSR count). The molecule has 1 fully saturated rings. The highest BCUT2D eigenvalue weighted by Crippen LogP contribution is 2.26. The molecular weight excluding hydrogens is 128 g/mol. The van der Waals surface area contributed by atoms with Gasteiger partial charge < -0.3 is 0 Å². The van der Waals surface area contributed by atoms with Gasteiger partial charge in [-0.05, 0) is 13.8 Å². The van der Waals surface area contributed by atoms with Gasteiger partial charge in [-0.25, -0.2) is 5.01 Å². The number of hydrogen-bond acceptors (Lipinski definition) is 2. The lowest BCUT2D eigenvalue weighted by Crippen LogP contribution is -2.32. The van der Waals surface area contributed by atoms with E-state index in [9.17, 15) is 4.79 Å². The number of amides is 1. The number of nitrogens with zero attached hydrogens (tertiary/aromatic N) is 2. The van der Waals surface area contributed by atoms with E-state index >= 15 is 0 Å². The number of hydrogen-bond donors (Lipinski definition) is 0. The summed E-state index contributed by atoms with van der Waals surface area (Å²) in [4.78, 5) is 11.3. The lowest BCUT2D eigenvalue weighted by Gasteiger charge is -2.17. The topological polar surface area (TPSA) is 23.6 Å². The fourth-order valence-corrected chi connectivity index (χ4v) is 1.34. The predicted octanol–water partition coefficient (Wildman–Crippen LogP) is 0.331. The molecule has 0 aromatic carbocycles. The van der Waals surface area contributed by atoms with E-state index < -0.39 is 0 Å². The first-order valence-corrected chi connectivity index (χ1v) is 3.44. The molecule has 1 aliphatic rings. The summed E-state index contributed by atoms with van der Waals surface area (Å²) < 4.78 is 0. The average Bonchev–Trinajstić information content (AvgIpc) is 1.95. The van der Waals surface area contributed by atoms with Gasteiger partial charge in [-0.15, -0.1) is 0 Å². The molecule has 58 valence electrons. The Hall–Kier alpha value is -0.570. The summed E-state index contributed by atoms with van der Waals surface area (Å²) in [5.41, 5.74) is -0.191. The molecule has 1 amide bonds. The third kappa shape index (κ3) is 0.904. The minimum atomic E-state index is -0.191. The second kappa shape index (κ2) is 1.95. The van der Waals surface area contributed by atoms with Gasteiger partial charge in [0, 0.05) is 20.6 Å². The van der Waals surface area contributed by atoms with Crippen LogP contribution in [-0.4, -0.2) is 36.6 Å². The molecule has 0 N–H and O–H groups in total. The largest absolute Gasteiger partial charge is 0.278 e. The molecule has 0 saturated carbocycles. The zero-order valence-corrected chi connectivity index (χ0v) is 7.01. The van der Waals surface area contributed by atoms with Crippen LogP contribution in [0.4, 0.5) is 0 Å². The van der Waals surface area contributed by atoms with Crippen molar-refractivity contribution in [3.63, 3.8) is 0 Å². The Morgan fingerprint density at radius 2 is 1.90 bits per heavy atom. The summed E-state index contributed by atoms with van der Waals surface area (Å²) in [7, 11) is 3.73. The van der Waals surface area contributed by atoms with Crippen molar-refractivity contribution in [3.8, 4) is 0 Å². The minimum Gasteiger partial charge on any atom is -0.278 e. The molecule has 0 spiro atoms. The van der Waals surface area contributed by atoms with Gasteiger partial charge in [0.2, 0.25) is 5.91 Å². The fourth-order valence-electron chi connectivity index (χ4n) is 1.34. The third-order valence-electron chi connectivity index (χ3n) is 2.01. The van der Waals surface area contributed by atoms with Crippen molar-refractivity contribution >= 4 is 5.91 Å². The summed E-state index contributed by atoms with van der Waals surface area (Å²) in [5.74, 6) is 0.204. The van der Waals surface area contributed by atoms with E-state index in [0.29, 0.717) is 0 Å². The van der Waals surface area contributed by atoms with Gasteiger partial charge in [0.25, 0.3) is 0 Å². The molecule has 0 radical (unpaired) electrons. The number of rotatable bonds is 0. The Bertz CT molecular complexity index is 165. The van der Waals surface area contributed by atoms with Crippen molar-refractivity contribution < 1.29 is 4.79 Å². The summed E-state index contributed by atoms with van der Waals surface area (Å²) in [6.45, 7) is 4.76. The molecule has 0 unspecified atom stereocenters. The van der Waals surface area contributed by atoms with Gasteiger partial charge in [0.15, 0.2) is 0 Å². The van der Waals surface area contributed by atoms with Crippen LogP contribution in [0.15, 0.2) is 0 Å². The molecule has 1 heterocycles. The zero-order chi connectivity index (χ0) is 7.94. The Balaban J connectivity index is 2.82. The minimum absolute atomic E-state index is 0.191. The highest BCUT2D eigenvalue weighted by molar-refractivity contribution is 5.83. The third-order valence-corrected chi connectivity index (χ3v) is 2.01.